The van der Waals surface area contributed by atoms with E-state index < -0.39 is 5.97 Å². The standard InChI is InChI=1S/C20H23FN4O3/c1-2-23-9-11-24(12-10-23)20(28)25(18-7-4-16(21)5-8-18)14-17-6-3-15(13-22-17)19(26)27/h3-8,13H,2,9-12,14H2,1H3,(H,26,27). The van der Waals surface area contributed by atoms with Crippen LogP contribution in [0.4, 0.5) is 14.9 Å². The maximum atomic E-state index is 13.3. The third-order valence-corrected chi connectivity index (χ3v) is 4.85. The van der Waals surface area contributed by atoms with E-state index in [1.165, 1.54) is 24.4 Å². The summed E-state index contributed by atoms with van der Waals surface area (Å²) in [6, 6.07) is 8.60. The van der Waals surface area contributed by atoms with Crippen molar-refractivity contribution < 1.29 is 19.1 Å². The highest BCUT2D eigenvalue weighted by Crippen LogP contribution is 2.20. The number of carbonyl (C=O) groups is 2. The summed E-state index contributed by atoms with van der Waals surface area (Å²) in [6.45, 7) is 6.07. The Bertz CT molecular complexity index is 818. The van der Waals surface area contributed by atoms with Gasteiger partial charge in [0.15, 0.2) is 0 Å². The maximum absolute atomic E-state index is 13.3. The molecule has 28 heavy (non-hydrogen) atoms. The van der Waals surface area contributed by atoms with Gasteiger partial charge in [0.2, 0.25) is 0 Å². The van der Waals surface area contributed by atoms with E-state index in [1.54, 1.807) is 28.0 Å². The Hall–Kier alpha value is -3.00. The van der Waals surface area contributed by atoms with Gasteiger partial charge in [0.1, 0.15) is 5.82 Å². The highest BCUT2D eigenvalue weighted by Gasteiger charge is 2.26. The second kappa shape index (κ2) is 8.79. The normalized spacial score (nSPS) is 14.7. The minimum absolute atomic E-state index is 0.0825. The molecule has 0 aliphatic carbocycles. The molecular formula is C20H23FN4O3. The van der Waals surface area contributed by atoms with Crippen molar-refractivity contribution in [2.75, 3.05) is 37.6 Å². The summed E-state index contributed by atoms with van der Waals surface area (Å²) < 4.78 is 13.3. The molecule has 7 nitrogen and oxygen atoms in total. The first-order valence-corrected chi connectivity index (χ1v) is 9.20. The highest BCUT2D eigenvalue weighted by atomic mass is 19.1. The van der Waals surface area contributed by atoms with E-state index in [9.17, 15) is 14.0 Å². The summed E-state index contributed by atoms with van der Waals surface area (Å²) in [5.74, 6) is -1.43. The number of carboxylic acids is 1. The highest BCUT2D eigenvalue weighted by molar-refractivity contribution is 5.92. The molecule has 0 spiro atoms. The zero-order chi connectivity index (χ0) is 20.1. The number of aromatic carboxylic acids is 1. The topological polar surface area (TPSA) is 77.0 Å². The van der Waals surface area contributed by atoms with E-state index in [0.29, 0.717) is 24.5 Å². The summed E-state index contributed by atoms with van der Waals surface area (Å²) in [4.78, 5) is 33.9. The van der Waals surface area contributed by atoms with Crippen molar-refractivity contribution in [1.82, 2.24) is 14.8 Å². The van der Waals surface area contributed by atoms with Crippen molar-refractivity contribution in [2.24, 2.45) is 0 Å². The van der Waals surface area contributed by atoms with Crippen LogP contribution in [0, 0.1) is 5.82 Å². The lowest BCUT2D eigenvalue weighted by Crippen LogP contribution is -2.52. The van der Waals surface area contributed by atoms with Gasteiger partial charge in [-0.2, -0.15) is 0 Å². The molecule has 1 saturated heterocycles. The molecule has 0 unspecified atom stereocenters. The lowest BCUT2D eigenvalue weighted by Gasteiger charge is -2.37. The quantitative estimate of drug-likeness (QED) is 0.855. The fourth-order valence-electron chi connectivity index (χ4n) is 3.12. The first kappa shape index (κ1) is 19.8. The number of pyridine rings is 1. The van der Waals surface area contributed by atoms with E-state index in [-0.39, 0.29) is 24.0 Å². The number of rotatable bonds is 5. The molecule has 2 heterocycles. The van der Waals surface area contributed by atoms with E-state index in [1.807, 2.05) is 0 Å². The zero-order valence-corrected chi connectivity index (χ0v) is 15.7. The molecule has 0 saturated carbocycles. The van der Waals surface area contributed by atoms with Crippen molar-refractivity contribution in [3.8, 4) is 0 Å². The number of anilines is 1. The first-order chi connectivity index (χ1) is 13.5. The Morgan fingerprint density at radius 1 is 1.11 bits per heavy atom. The molecule has 1 aliphatic heterocycles. The summed E-state index contributed by atoms with van der Waals surface area (Å²) in [6.07, 6.45) is 1.27. The SMILES string of the molecule is CCN1CCN(C(=O)N(Cc2ccc(C(=O)O)cn2)c2ccc(F)cc2)CC1. The fourth-order valence-corrected chi connectivity index (χ4v) is 3.12. The van der Waals surface area contributed by atoms with Crippen molar-refractivity contribution in [1.29, 1.82) is 0 Å². The molecule has 0 atom stereocenters. The van der Waals surface area contributed by atoms with E-state index in [4.69, 9.17) is 5.11 Å². The number of hydrogen-bond acceptors (Lipinski definition) is 4. The number of piperazine rings is 1. The van der Waals surface area contributed by atoms with Gasteiger partial charge < -0.3 is 14.9 Å². The number of nitrogens with zero attached hydrogens (tertiary/aromatic N) is 4. The predicted octanol–water partition coefficient (Wildman–Crippen LogP) is 2.68. The molecule has 2 amide bonds. The van der Waals surface area contributed by atoms with Gasteiger partial charge in [-0.3, -0.25) is 9.88 Å². The van der Waals surface area contributed by atoms with Gasteiger partial charge in [-0.1, -0.05) is 6.92 Å². The number of halogens is 1. The summed E-state index contributed by atoms with van der Waals surface area (Å²) in [5, 5.41) is 9.01. The number of likely N-dealkylation sites (N-methyl/N-ethyl adjacent to an activating group) is 1. The van der Waals surface area contributed by atoms with Gasteiger partial charge >= 0.3 is 12.0 Å². The molecular weight excluding hydrogens is 363 g/mol. The van der Waals surface area contributed by atoms with Crippen molar-refractivity contribution >= 4 is 17.7 Å². The Morgan fingerprint density at radius 2 is 1.79 bits per heavy atom. The van der Waals surface area contributed by atoms with Crippen molar-refractivity contribution in [2.45, 2.75) is 13.5 Å². The van der Waals surface area contributed by atoms with Crippen LogP contribution in [0.15, 0.2) is 42.6 Å². The number of urea groups is 1. The Kier molecular flexibility index (Phi) is 6.20. The molecule has 2 aromatic rings. The lowest BCUT2D eigenvalue weighted by molar-refractivity contribution is 0.0696. The summed E-state index contributed by atoms with van der Waals surface area (Å²) in [7, 11) is 0. The van der Waals surface area contributed by atoms with E-state index in [2.05, 4.69) is 16.8 Å². The van der Waals surface area contributed by atoms with E-state index >= 15 is 0 Å². The molecule has 1 aromatic carbocycles. The minimum Gasteiger partial charge on any atom is -0.478 e. The Labute approximate surface area is 163 Å². The van der Waals surface area contributed by atoms with Crippen LogP contribution in [0.1, 0.15) is 23.0 Å². The number of carbonyl (C=O) groups excluding carboxylic acids is 1. The molecule has 1 fully saturated rings. The molecule has 1 N–H and O–H groups in total. The first-order valence-electron chi connectivity index (χ1n) is 9.20. The Morgan fingerprint density at radius 3 is 2.32 bits per heavy atom. The third kappa shape index (κ3) is 4.64. The molecule has 0 radical (unpaired) electrons. The van der Waals surface area contributed by atoms with Crippen LogP contribution >= 0.6 is 0 Å². The molecule has 0 bridgehead atoms. The average molecular weight is 386 g/mol. The van der Waals surface area contributed by atoms with Crippen LogP contribution in [0.25, 0.3) is 0 Å². The van der Waals surface area contributed by atoms with Gasteiger partial charge in [0.05, 0.1) is 17.8 Å². The van der Waals surface area contributed by atoms with Crippen LogP contribution in [0.2, 0.25) is 0 Å². The number of amides is 2. The van der Waals surface area contributed by atoms with Gasteiger partial charge in [0, 0.05) is 38.1 Å². The van der Waals surface area contributed by atoms with Crippen LogP contribution in [0.3, 0.4) is 0 Å². The van der Waals surface area contributed by atoms with Gasteiger partial charge in [-0.05, 0) is 42.9 Å². The molecule has 148 valence electrons. The lowest BCUT2D eigenvalue weighted by atomic mass is 10.2. The molecule has 1 aliphatic rings. The monoisotopic (exact) mass is 386 g/mol. The molecule has 1 aromatic heterocycles. The van der Waals surface area contributed by atoms with E-state index in [0.717, 1.165) is 19.6 Å². The average Bonchev–Trinajstić information content (AvgIpc) is 2.72. The smallest absolute Gasteiger partial charge is 0.337 e. The summed E-state index contributed by atoms with van der Waals surface area (Å²) in [5.41, 5.74) is 1.20. The molecule has 8 heteroatoms. The zero-order valence-electron chi connectivity index (χ0n) is 15.7. The predicted molar refractivity (Wildman–Crippen MR) is 103 cm³/mol. The second-order valence-electron chi connectivity index (χ2n) is 6.61. The van der Waals surface area contributed by atoms with Crippen LogP contribution in [-0.2, 0) is 6.54 Å². The number of benzene rings is 1. The van der Waals surface area contributed by atoms with Gasteiger partial charge in [-0.15, -0.1) is 0 Å². The van der Waals surface area contributed by atoms with Crippen LogP contribution in [-0.4, -0.2) is 64.6 Å². The second-order valence-corrected chi connectivity index (χ2v) is 6.61. The minimum atomic E-state index is -1.06. The third-order valence-electron chi connectivity index (χ3n) is 4.85. The van der Waals surface area contributed by atoms with Crippen LogP contribution < -0.4 is 4.90 Å². The number of carboxylic acid groups (broad SMARTS) is 1. The van der Waals surface area contributed by atoms with Gasteiger partial charge in [-0.25, -0.2) is 14.0 Å². The largest absolute Gasteiger partial charge is 0.478 e. The van der Waals surface area contributed by atoms with Crippen LogP contribution in [0.5, 0.6) is 0 Å². The number of hydrogen-bond donors (Lipinski definition) is 1. The Balaban J connectivity index is 1.81. The van der Waals surface area contributed by atoms with Crippen molar-refractivity contribution in [3.63, 3.8) is 0 Å². The van der Waals surface area contributed by atoms with Gasteiger partial charge in [0.25, 0.3) is 0 Å². The molecule has 3 rings (SSSR count). The fraction of sp³-hybridized carbons (Fsp3) is 0.350. The maximum Gasteiger partial charge on any atom is 0.337 e. The number of aromatic nitrogens is 1. The summed E-state index contributed by atoms with van der Waals surface area (Å²) >= 11 is 0. The van der Waals surface area contributed by atoms with Crippen molar-refractivity contribution in [3.05, 3.63) is 59.7 Å².